The Morgan fingerprint density at radius 2 is 1.68 bits per heavy atom. The largest absolute Gasteiger partial charge is 0.508 e. The molecule has 1 saturated carbocycles. The first-order chi connectivity index (χ1) is 38.8. The van der Waals surface area contributed by atoms with Crippen LogP contribution in [0.2, 0.25) is 5.02 Å². The molecule has 11 rings (SSSR count). The number of hydrogen-bond acceptors (Lipinski definition) is 13. The molecular weight excluding hydrogens is 1060 g/mol. The van der Waals surface area contributed by atoms with Crippen LogP contribution >= 0.6 is 11.6 Å². The molecule has 4 aromatic carbocycles. The van der Waals surface area contributed by atoms with Crippen molar-refractivity contribution in [2.24, 2.45) is 10.8 Å². The minimum absolute atomic E-state index is 0.0122. The van der Waals surface area contributed by atoms with Gasteiger partial charge in [0.2, 0.25) is 17.7 Å². The minimum atomic E-state index is -1.000. The number of phenols is 1. The van der Waals surface area contributed by atoms with E-state index in [9.17, 15) is 24.6 Å². The number of pyridine rings is 1. The fourth-order valence-corrected chi connectivity index (χ4v) is 12.5. The van der Waals surface area contributed by atoms with Crippen molar-refractivity contribution in [1.29, 1.82) is 0 Å². The summed E-state index contributed by atoms with van der Waals surface area (Å²) in [5, 5.41) is 32.8. The molecule has 6 aromatic rings. The second kappa shape index (κ2) is 22.7. The van der Waals surface area contributed by atoms with E-state index in [-0.39, 0.29) is 82.7 Å². The quantitative estimate of drug-likeness (QED) is 0.0585. The lowest BCUT2D eigenvalue weighted by molar-refractivity contribution is -0.145. The first kappa shape index (κ1) is 55.9. The van der Waals surface area contributed by atoms with E-state index in [1.165, 1.54) is 35.4 Å². The number of piperazine rings is 1. The average molecular weight is 1120 g/mol. The van der Waals surface area contributed by atoms with Crippen LogP contribution in [0, 0.1) is 34.8 Å². The highest BCUT2D eigenvalue weighted by Gasteiger charge is 2.47. The molecule has 6 heterocycles. The predicted molar refractivity (Wildman–Crippen MR) is 305 cm³/mol. The maximum absolute atomic E-state index is 17.2. The Morgan fingerprint density at radius 3 is 2.37 bits per heavy atom. The Labute approximate surface area is 475 Å². The smallest absolute Gasteiger partial charge is 0.319 e. The van der Waals surface area contributed by atoms with Gasteiger partial charge in [-0.2, -0.15) is 9.97 Å². The lowest BCUT2D eigenvalue weighted by Gasteiger charge is -2.36. The third kappa shape index (κ3) is 11.9. The third-order valence-electron chi connectivity index (χ3n) is 16.9. The summed E-state index contributed by atoms with van der Waals surface area (Å²) < 4.78 is 44.9. The molecule has 16 nitrogen and oxygen atoms in total. The van der Waals surface area contributed by atoms with E-state index < -0.39 is 59.0 Å². The van der Waals surface area contributed by atoms with Gasteiger partial charge in [-0.3, -0.25) is 19.4 Å². The normalized spacial score (nSPS) is 21.7. The number of nitrogens with zero attached hydrogens (tertiary/aromatic N) is 6. The number of piperidine rings is 1. The molecule has 4 saturated heterocycles. The van der Waals surface area contributed by atoms with Gasteiger partial charge in [0, 0.05) is 90.9 Å². The van der Waals surface area contributed by atoms with Crippen LogP contribution < -0.4 is 25.6 Å². The van der Waals surface area contributed by atoms with Crippen molar-refractivity contribution < 1.29 is 42.9 Å². The molecule has 19 heteroatoms. The number of amides is 3. The number of nitrogens with one attached hydrogen (secondary N) is 3. The molecule has 6 atom stereocenters. The number of rotatable bonds is 16. The first-order valence-electron chi connectivity index (χ1n) is 28.0. The number of aromatic hydroxyl groups is 1. The van der Waals surface area contributed by atoms with Gasteiger partial charge in [-0.15, -0.1) is 6.42 Å². The van der Waals surface area contributed by atoms with Crippen molar-refractivity contribution in [3.8, 4) is 46.5 Å². The Hall–Kier alpha value is -7.01. The molecule has 5 aliphatic rings. The number of halogens is 3. The van der Waals surface area contributed by atoms with E-state index in [2.05, 4.69) is 41.6 Å². The molecule has 2 bridgehead atoms. The van der Waals surface area contributed by atoms with Crippen LogP contribution in [0.1, 0.15) is 89.8 Å². The number of anilines is 1. The lowest BCUT2D eigenvalue weighted by atomic mass is 9.85. The summed E-state index contributed by atoms with van der Waals surface area (Å²) in [6.45, 7) is 10.9. The molecule has 0 radical (unpaired) electrons. The van der Waals surface area contributed by atoms with Gasteiger partial charge in [0.15, 0.2) is 5.82 Å². The van der Waals surface area contributed by atoms with Gasteiger partial charge in [-0.25, -0.2) is 8.78 Å². The van der Waals surface area contributed by atoms with Crippen LogP contribution in [0.4, 0.5) is 14.6 Å². The van der Waals surface area contributed by atoms with E-state index in [0.29, 0.717) is 54.2 Å². The first-order valence-corrected chi connectivity index (χ1v) is 28.4. The average Bonchev–Trinajstić information content (AvgIpc) is 4.15. The number of β-amino-alcohol motifs (C(OH)–C–C–N with tert-alkyl or cyclic N) is 1. The third-order valence-corrected chi connectivity index (χ3v) is 17.2. The van der Waals surface area contributed by atoms with Crippen molar-refractivity contribution in [3.63, 3.8) is 0 Å². The molecule has 5 fully saturated rings. The van der Waals surface area contributed by atoms with Gasteiger partial charge >= 0.3 is 6.01 Å². The van der Waals surface area contributed by atoms with E-state index >= 15 is 8.78 Å². The molecule has 4 aliphatic heterocycles. The molecule has 2 aromatic heterocycles. The fraction of sp³-hybridized carbons (Fsp3) is 0.452. The predicted octanol–water partition coefficient (Wildman–Crippen LogP) is 8.08. The molecule has 0 spiro atoms. The molecular formula is C62H68ClF2N9O7. The molecule has 1 aliphatic carbocycles. The van der Waals surface area contributed by atoms with Gasteiger partial charge in [0.25, 0.3) is 0 Å². The summed E-state index contributed by atoms with van der Waals surface area (Å²) >= 11 is 6.42. The number of terminal acetylenes is 1. The Morgan fingerprint density at radius 1 is 0.951 bits per heavy atom. The summed E-state index contributed by atoms with van der Waals surface area (Å²) in [5.74, 6) is 0.0237. The van der Waals surface area contributed by atoms with Crippen molar-refractivity contribution in [3.05, 3.63) is 107 Å². The minimum Gasteiger partial charge on any atom is -0.508 e. The van der Waals surface area contributed by atoms with Gasteiger partial charge in [0.05, 0.1) is 35.8 Å². The van der Waals surface area contributed by atoms with E-state index in [0.717, 1.165) is 62.0 Å². The van der Waals surface area contributed by atoms with Crippen molar-refractivity contribution in [1.82, 2.24) is 40.7 Å². The van der Waals surface area contributed by atoms with Crippen LogP contribution in [0.25, 0.3) is 44.1 Å². The highest BCUT2D eigenvalue weighted by Crippen LogP contribution is 2.47. The number of hydrogen-bond donors (Lipinski definition) is 5. The standard InChI is InChI=1S/C62H68ClF2N9O7/c1-6-44-49(64)18-15-38-25-41(75)26-46(52(38)44)54-53(65)55-47(28-66-54)57(73-29-39-16-17-40(30-73)68-39)71-60(70-55)81-34-62(21-22-62)33-72-23-19-43(20-24-72)80-32-51(77)69-56(61(3,4)5)59(79)74-31-42(76)27-50(74)58(78)67-35(2)36-11-13-37(14-12-36)45-9-7-8-10-48(45)63/h1,7-15,18,25-26,28,35,39-40,42-43,50,56,68,75-76H,16-17,19-24,27,29-34H2,2-5H3,(H,67,78)(H,69,77)/t35-,39?,40?,42+,50-,56+/m0/s1. The second-order valence-corrected chi connectivity index (χ2v) is 24.3. The lowest BCUT2D eigenvalue weighted by Crippen LogP contribution is -2.58. The number of phenolic OH excluding ortho intramolecular Hbond substituents is 1. The summed E-state index contributed by atoms with van der Waals surface area (Å²) in [7, 11) is 0. The zero-order valence-electron chi connectivity index (χ0n) is 46.0. The monoisotopic (exact) mass is 1120 g/mol. The van der Waals surface area contributed by atoms with Gasteiger partial charge < -0.3 is 50.3 Å². The summed E-state index contributed by atoms with van der Waals surface area (Å²) in [6, 6.07) is 19.0. The Bertz CT molecular complexity index is 3420. The van der Waals surface area contributed by atoms with Crippen LogP contribution in [0.5, 0.6) is 11.8 Å². The number of carbonyl (C=O) groups is 3. The van der Waals surface area contributed by atoms with Crippen molar-refractivity contribution in [2.75, 3.05) is 57.4 Å². The SMILES string of the molecule is C#Cc1c(F)ccc2cc(O)cc(-c3ncc4c(N5CC6CCC(C5)N6)nc(OCC5(CN6CCC(OCC(=O)N[C@H](C(=O)N7C[C@H](O)C[C@H]7C(=O)N[C@@H](C)c7ccc(-c8ccccc8Cl)cc7)C(C)(C)C)CC6)CC5)nc4c3F)c12. The maximum atomic E-state index is 17.2. The number of benzene rings is 4. The Balaban J connectivity index is 0.702. The van der Waals surface area contributed by atoms with Crippen LogP contribution in [-0.4, -0.2) is 142 Å². The number of fused-ring (bicyclic) bond motifs is 4. The fourth-order valence-electron chi connectivity index (χ4n) is 12.2. The number of aliphatic hydroxyl groups is 1. The highest BCUT2D eigenvalue weighted by molar-refractivity contribution is 6.33. The van der Waals surface area contributed by atoms with Crippen LogP contribution in [0.15, 0.2) is 79.0 Å². The second-order valence-electron chi connectivity index (χ2n) is 23.9. The molecule has 424 valence electrons. The molecule has 81 heavy (non-hydrogen) atoms. The number of ether oxygens (including phenoxy) is 2. The van der Waals surface area contributed by atoms with Crippen LogP contribution in [0.3, 0.4) is 0 Å². The Kier molecular flexibility index (Phi) is 15.7. The van der Waals surface area contributed by atoms with Crippen molar-refractivity contribution >= 4 is 56.8 Å². The maximum Gasteiger partial charge on any atom is 0.319 e. The van der Waals surface area contributed by atoms with Gasteiger partial charge in [-0.05, 0) is 91.6 Å². The van der Waals surface area contributed by atoms with Gasteiger partial charge in [0.1, 0.15) is 47.3 Å². The number of carbonyl (C=O) groups excluding carboxylic acids is 3. The number of aliphatic hydroxyl groups excluding tert-OH is 1. The van der Waals surface area contributed by atoms with E-state index in [1.54, 1.807) is 0 Å². The van der Waals surface area contributed by atoms with Gasteiger partial charge in [-0.1, -0.05) is 86.8 Å². The highest BCUT2D eigenvalue weighted by atomic mass is 35.5. The summed E-state index contributed by atoms with van der Waals surface area (Å²) in [6.07, 6.45) is 11.5. The van der Waals surface area contributed by atoms with Crippen molar-refractivity contribution in [2.45, 2.75) is 115 Å². The molecule has 2 unspecified atom stereocenters. The number of aromatic nitrogens is 3. The topological polar surface area (TPSA) is 195 Å². The number of likely N-dealkylation sites (tertiary alicyclic amines) is 2. The zero-order valence-corrected chi connectivity index (χ0v) is 46.7. The molecule has 3 amide bonds. The van der Waals surface area contributed by atoms with E-state index in [1.807, 2.05) is 76.2 Å². The summed E-state index contributed by atoms with van der Waals surface area (Å²) in [4.78, 5) is 61.8. The van der Waals surface area contributed by atoms with Crippen LogP contribution in [-0.2, 0) is 19.1 Å². The zero-order chi connectivity index (χ0) is 56.9. The summed E-state index contributed by atoms with van der Waals surface area (Å²) in [5.41, 5.74) is 1.68. The van der Waals surface area contributed by atoms with E-state index in [4.69, 9.17) is 32.5 Å². The molecule has 5 N–H and O–H groups in total.